The molecule has 3 aromatic carbocycles. The highest BCUT2D eigenvalue weighted by molar-refractivity contribution is 6.35. The Balaban J connectivity index is 1.32. The summed E-state index contributed by atoms with van der Waals surface area (Å²) in [6, 6.07) is 20.8. The number of anilines is 2. The number of rotatable bonds is 8. The number of halogens is 2. The van der Waals surface area contributed by atoms with Crippen LogP contribution in [0.25, 0.3) is 0 Å². The summed E-state index contributed by atoms with van der Waals surface area (Å²) in [5.41, 5.74) is 3.66. The molecule has 2 aliphatic heterocycles. The van der Waals surface area contributed by atoms with Crippen molar-refractivity contribution in [3.8, 4) is 0 Å². The molecule has 0 radical (unpaired) electrons. The van der Waals surface area contributed by atoms with Gasteiger partial charge in [0, 0.05) is 53.2 Å². The van der Waals surface area contributed by atoms with E-state index in [0.717, 1.165) is 57.5 Å². The molecule has 0 aromatic heterocycles. The third kappa shape index (κ3) is 7.33. The van der Waals surface area contributed by atoms with Gasteiger partial charge >= 0.3 is 0 Å². The van der Waals surface area contributed by atoms with Gasteiger partial charge in [-0.3, -0.25) is 9.59 Å². The first kappa shape index (κ1) is 27.5. The van der Waals surface area contributed by atoms with Crippen LogP contribution in [-0.2, 0) is 11.2 Å². The summed E-state index contributed by atoms with van der Waals surface area (Å²) >= 11 is 12.2. The molecule has 2 amide bonds. The molecular weight excluding hydrogens is 533 g/mol. The van der Waals surface area contributed by atoms with Crippen molar-refractivity contribution in [1.29, 1.82) is 0 Å². The summed E-state index contributed by atoms with van der Waals surface area (Å²) in [6.45, 7) is 2.94. The van der Waals surface area contributed by atoms with Crippen LogP contribution in [-0.4, -0.2) is 44.2 Å². The van der Waals surface area contributed by atoms with E-state index in [1.165, 1.54) is 5.56 Å². The lowest BCUT2D eigenvalue weighted by Gasteiger charge is -2.35. The highest BCUT2D eigenvalue weighted by atomic mass is 35.5. The number of carbonyl (C=O) groups excluding carboxylic acids is 2. The van der Waals surface area contributed by atoms with Gasteiger partial charge in [-0.15, -0.1) is 0 Å². The van der Waals surface area contributed by atoms with Gasteiger partial charge in [0.1, 0.15) is 0 Å². The number of nitrogens with one attached hydrogen (secondary N) is 2. The van der Waals surface area contributed by atoms with E-state index in [2.05, 4.69) is 39.8 Å². The maximum absolute atomic E-state index is 13.4. The van der Waals surface area contributed by atoms with Crippen molar-refractivity contribution in [3.63, 3.8) is 0 Å². The lowest BCUT2D eigenvalue weighted by Crippen LogP contribution is -2.37. The molecule has 1 atom stereocenters. The average Bonchev–Trinajstić information content (AvgIpc) is 3.46. The normalized spacial score (nSPS) is 17.7. The van der Waals surface area contributed by atoms with Crippen LogP contribution in [0.15, 0.2) is 66.7 Å². The zero-order chi connectivity index (χ0) is 27.2. The van der Waals surface area contributed by atoms with Crippen LogP contribution < -0.4 is 15.5 Å². The fourth-order valence-electron chi connectivity index (χ4n) is 5.39. The molecule has 0 saturated carbocycles. The van der Waals surface area contributed by atoms with Gasteiger partial charge in [0.2, 0.25) is 0 Å². The highest BCUT2D eigenvalue weighted by Gasteiger charge is 2.25. The number of nitrogens with zero attached hydrogens (tertiary/aromatic N) is 1. The van der Waals surface area contributed by atoms with Crippen molar-refractivity contribution in [2.75, 3.05) is 36.5 Å². The molecule has 0 aliphatic carbocycles. The van der Waals surface area contributed by atoms with E-state index in [0.29, 0.717) is 39.3 Å². The van der Waals surface area contributed by atoms with E-state index in [1.807, 2.05) is 18.2 Å². The second-order valence-electron chi connectivity index (χ2n) is 10.3. The molecule has 2 aliphatic rings. The second-order valence-corrected chi connectivity index (χ2v) is 11.2. The van der Waals surface area contributed by atoms with Gasteiger partial charge in [0.25, 0.3) is 11.8 Å². The van der Waals surface area contributed by atoms with Crippen LogP contribution in [0.1, 0.15) is 52.0 Å². The Morgan fingerprint density at radius 2 is 1.64 bits per heavy atom. The summed E-state index contributed by atoms with van der Waals surface area (Å²) in [5.74, 6) is 0.0944. The number of benzene rings is 3. The third-order valence-corrected chi connectivity index (χ3v) is 7.90. The molecule has 3 aromatic rings. The minimum absolute atomic E-state index is 0.0431. The molecule has 2 heterocycles. The Morgan fingerprint density at radius 1 is 0.897 bits per heavy atom. The van der Waals surface area contributed by atoms with Gasteiger partial charge in [0.15, 0.2) is 0 Å². The summed E-state index contributed by atoms with van der Waals surface area (Å²) in [7, 11) is 0. The first-order chi connectivity index (χ1) is 18.9. The molecule has 204 valence electrons. The van der Waals surface area contributed by atoms with Crippen molar-refractivity contribution in [3.05, 3.63) is 93.5 Å². The standard InChI is InChI=1S/C31H33Cl2N3O3/c32-24-16-23(17-25(33)18-24)30(37)35-26-8-9-29(28(19-26)31(38)34-20-27-7-4-14-39-27)36-12-10-22(11-13-36)15-21-5-2-1-3-6-21/h1-3,5-6,8-9,16-19,22,27H,4,7,10-15,20H2,(H,34,38)(H,35,37). The van der Waals surface area contributed by atoms with Crippen LogP contribution in [0.5, 0.6) is 0 Å². The number of carbonyl (C=O) groups is 2. The first-order valence-corrected chi connectivity index (χ1v) is 14.3. The molecule has 2 saturated heterocycles. The summed E-state index contributed by atoms with van der Waals surface area (Å²) in [4.78, 5) is 28.6. The Labute approximate surface area is 239 Å². The number of amides is 2. The summed E-state index contributed by atoms with van der Waals surface area (Å²) < 4.78 is 5.69. The van der Waals surface area contributed by atoms with Crippen LogP contribution >= 0.6 is 23.2 Å². The predicted octanol–water partition coefficient (Wildman–Crippen LogP) is 6.61. The average molecular weight is 567 g/mol. The third-order valence-electron chi connectivity index (χ3n) is 7.46. The Hall–Kier alpha value is -3.06. The fraction of sp³-hybridized carbons (Fsp3) is 0.355. The number of hydrogen-bond acceptors (Lipinski definition) is 4. The van der Waals surface area contributed by atoms with Gasteiger partial charge in [-0.25, -0.2) is 0 Å². The number of ether oxygens (including phenoxy) is 1. The Bertz CT molecular complexity index is 1280. The van der Waals surface area contributed by atoms with Gasteiger partial charge < -0.3 is 20.3 Å². The Kier molecular flexibility index (Phi) is 9.07. The van der Waals surface area contributed by atoms with Crippen LogP contribution in [0.2, 0.25) is 10.0 Å². The SMILES string of the molecule is O=C(Nc1ccc(N2CCC(Cc3ccccc3)CC2)c(C(=O)NCC2CCCO2)c1)c1cc(Cl)cc(Cl)c1. The molecular formula is C31H33Cl2N3O3. The Morgan fingerprint density at radius 3 is 2.33 bits per heavy atom. The molecule has 1 unspecified atom stereocenters. The maximum Gasteiger partial charge on any atom is 0.255 e. The first-order valence-electron chi connectivity index (χ1n) is 13.5. The minimum Gasteiger partial charge on any atom is -0.376 e. The van der Waals surface area contributed by atoms with Crippen molar-refractivity contribution in [2.24, 2.45) is 5.92 Å². The molecule has 8 heteroatoms. The van der Waals surface area contributed by atoms with Crippen LogP contribution in [0.4, 0.5) is 11.4 Å². The van der Waals surface area contributed by atoms with Crippen molar-refractivity contribution in [1.82, 2.24) is 5.32 Å². The smallest absolute Gasteiger partial charge is 0.255 e. The largest absolute Gasteiger partial charge is 0.376 e. The molecule has 2 fully saturated rings. The fourth-order valence-corrected chi connectivity index (χ4v) is 5.92. The summed E-state index contributed by atoms with van der Waals surface area (Å²) in [5, 5.41) is 6.71. The van der Waals surface area contributed by atoms with E-state index < -0.39 is 0 Å². The van der Waals surface area contributed by atoms with E-state index in [-0.39, 0.29) is 17.9 Å². The van der Waals surface area contributed by atoms with E-state index in [4.69, 9.17) is 27.9 Å². The monoisotopic (exact) mass is 565 g/mol. The molecule has 39 heavy (non-hydrogen) atoms. The molecule has 0 bridgehead atoms. The van der Waals surface area contributed by atoms with E-state index in [1.54, 1.807) is 24.3 Å². The summed E-state index contributed by atoms with van der Waals surface area (Å²) in [6.07, 6.45) is 5.18. The van der Waals surface area contributed by atoms with Crippen molar-refractivity contribution < 1.29 is 14.3 Å². The van der Waals surface area contributed by atoms with E-state index in [9.17, 15) is 9.59 Å². The van der Waals surface area contributed by atoms with Gasteiger partial charge in [-0.05, 0) is 80.0 Å². The van der Waals surface area contributed by atoms with Gasteiger partial charge in [-0.2, -0.15) is 0 Å². The zero-order valence-corrected chi connectivity index (χ0v) is 23.3. The predicted molar refractivity (Wildman–Crippen MR) is 157 cm³/mol. The van der Waals surface area contributed by atoms with Gasteiger partial charge in [0.05, 0.1) is 11.7 Å². The van der Waals surface area contributed by atoms with E-state index >= 15 is 0 Å². The number of hydrogen-bond donors (Lipinski definition) is 2. The minimum atomic E-state index is -0.348. The topological polar surface area (TPSA) is 70.7 Å². The van der Waals surface area contributed by atoms with Crippen LogP contribution in [0, 0.1) is 5.92 Å². The lowest BCUT2D eigenvalue weighted by molar-refractivity contribution is 0.0858. The van der Waals surface area contributed by atoms with Crippen LogP contribution in [0.3, 0.4) is 0 Å². The second kappa shape index (κ2) is 12.9. The van der Waals surface area contributed by atoms with Crippen molar-refractivity contribution in [2.45, 2.75) is 38.2 Å². The van der Waals surface area contributed by atoms with Gasteiger partial charge in [-0.1, -0.05) is 53.5 Å². The maximum atomic E-state index is 13.4. The van der Waals surface area contributed by atoms with Crippen molar-refractivity contribution >= 4 is 46.4 Å². The quantitative estimate of drug-likeness (QED) is 0.322. The molecule has 2 N–H and O–H groups in total. The molecule has 5 rings (SSSR count). The number of piperidine rings is 1. The zero-order valence-electron chi connectivity index (χ0n) is 21.8. The molecule has 6 nitrogen and oxygen atoms in total. The lowest BCUT2D eigenvalue weighted by atomic mass is 9.89. The highest BCUT2D eigenvalue weighted by Crippen LogP contribution is 2.31. The molecule has 0 spiro atoms.